The fourth-order valence-electron chi connectivity index (χ4n) is 2.22. The molecule has 2 aromatic rings. The summed E-state index contributed by atoms with van der Waals surface area (Å²) in [5.41, 5.74) is 2.11. The van der Waals surface area contributed by atoms with Crippen molar-refractivity contribution in [1.29, 1.82) is 0 Å². The van der Waals surface area contributed by atoms with E-state index >= 15 is 0 Å². The summed E-state index contributed by atoms with van der Waals surface area (Å²) in [6.07, 6.45) is 0.318. The molecule has 0 aliphatic rings. The van der Waals surface area contributed by atoms with Crippen LogP contribution in [0.2, 0.25) is 5.02 Å². The van der Waals surface area contributed by atoms with E-state index in [1.54, 1.807) is 0 Å². The summed E-state index contributed by atoms with van der Waals surface area (Å²) in [5.74, 6) is -0.227. The first-order valence-corrected chi connectivity index (χ1v) is 7.04. The number of benzene rings is 2. The summed E-state index contributed by atoms with van der Waals surface area (Å²) in [6, 6.07) is 17.6. The van der Waals surface area contributed by atoms with Crippen molar-refractivity contribution >= 4 is 17.6 Å². The van der Waals surface area contributed by atoms with Crippen LogP contribution >= 0.6 is 11.6 Å². The lowest BCUT2D eigenvalue weighted by molar-refractivity contribution is -0.143. The molecule has 0 saturated heterocycles. The molecule has 0 radical (unpaired) electrons. The highest BCUT2D eigenvalue weighted by Crippen LogP contribution is 2.29. The lowest BCUT2D eigenvalue weighted by Gasteiger charge is -2.17. The fraction of sp³-hybridized carbons (Fsp3) is 0.235. The van der Waals surface area contributed by atoms with Gasteiger partial charge in [-0.25, -0.2) is 0 Å². The van der Waals surface area contributed by atoms with Crippen LogP contribution < -0.4 is 0 Å². The number of rotatable bonds is 5. The van der Waals surface area contributed by atoms with Crippen LogP contribution in [0.1, 0.15) is 30.4 Å². The van der Waals surface area contributed by atoms with Crippen LogP contribution in [-0.2, 0) is 9.53 Å². The number of hydrogen-bond acceptors (Lipinski definition) is 2. The first kappa shape index (κ1) is 14.6. The van der Waals surface area contributed by atoms with Gasteiger partial charge in [-0.1, -0.05) is 54.1 Å². The second kappa shape index (κ2) is 7.11. The van der Waals surface area contributed by atoms with Crippen LogP contribution in [0.25, 0.3) is 0 Å². The zero-order valence-corrected chi connectivity index (χ0v) is 12.1. The Bertz CT molecular complexity index is 566. The van der Waals surface area contributed by atoms with E-state index in [4.69, 9.17) is 16.3 Å². The standard InChI is InChI=1S/C17H17ClO2/c1-2-20-17(19)12-16(13-7-4-3-5-8-13)14-9-6-10-15(18)11-14/h3-11,16H,2,12H2,1H3/t16-/m0/s1. The summed E-state index contributed by atoms with van der Waals surface area (Å²) in [4.78, 5) is 11.8. The van der Waals surface area contributed by atoms with E-state index < -0.39 is 0 Å². The second-order valence-electron chi connectivity index (χ2n) is 4.53. The number of carbonyl (C=O) groups is 1. The van der Waals surface area contributed by atoms with Gasteiger partial charge < -0.3 is 4.74 Å². The van der Waals surface area contributed by atoms with Gasteiger partial charge in [-0.2, -0.15) is 0 Å². The number of carbonyl (C=O) groups excluding carboxylic acids is 1. The third-order valence-electron chi connectivity index (χ3n) is 3.13. The molecule has 0 N–H and O–H groups in total. The molecule has 0 unspecified atom stereocenters. The van der Waals surface area contributed by atoms with Crippen molar-refractivity contribution < 1.29 is 9.53 Å². The van der Waals surface area contributed by atoms with Crippen LogP contribution in [0, 0.1) is 0 Å². The van der Waals surface area contributed by atoms with E-state index in [1.165, 1.54) is 0 Å². The monoisotopic (exact) mass is 288 g/mol. The van der Waals surface area contributed by atoms with Gasteiger partial charge in [-0.05, 0) is 30.2 Å². The largest absolute Gasteiger partial charge is 0.466 e. The smallest absolute Gasteiger partial charge is 0.306 e. The van der Waals surface area contributed by atoms with E-state index in [-0.39, 0.29) is 11.9 Å². The predicted molar refractivity (Wildman–Crippen MR) is 81.0 cm³/mol. The van der Waals surface area contributed by atoms with E-state index in [1.807, 2.05) is 61.5 Å². The molecule has 0 saturated carbocycles. The summed E-state index contributed by atoms with van der Waals surface area (Å²) in [5, 5.41) is 0.673. The minimum Gasteiger partial charge on any atom is -0.466 e. The third-order valence-corrected chi connectivity index (χ3v) is 3.36. The van der Waals surface area contributed by atoms with Crippen LogP contribution in [-0.4, -0.2) is 12.6 Å². The summed E-state index contributed by atoms with van der Waals surface area (Å²) in [7, 11) is 0. The molecule has 104 valence electrons. The van der Waals surface area contributed by atoms with E-state index in [0.29, 0.717) is 18.1 Å². The lowest BCUT2D eigenvalue weighted by Crippen LogP contribution is -2.11. The van der Waals surface area contributed by atoms with Crippen LogP contribution in [0.15, 0.2) is 54.6 Å². The van der Waals surface area contributed by atoms with Crippen molar-refractivity contribution in [3.05, 3.63) is 70.7 Å². The van der Waals surface area contributed by atoms with Gasteiger partial charge in [0.25, 0.3) is 0 Å². The molecule has 1 atom stereocenters. The van der Waals surface area contributed by atoms with Gasteiger partial charge in [0.2, 0.25) is 0 Å². The molecule has 2 aromatic carbocycles. The molecule has 2 rings (SSSR count). The SMILES string of the molecule is CCOC(=O)C[C@@H](c1ccccc1)c1cccc(Cl)c1. The normalized spacial score (nSPS) is 11.9. The topological polar surface area (TPSA) is 26.3 Å². The Morgan fingerprint density at radius 3 is 2.45 bits per heavy atom. The van der Waals surface area contributed by atoms with Crippen LogP contribution in [0.3, 0.4) is 0 Å². The van der Waals surface area contributed by atoms with Crippen molar-refractivity contribution in [2.45, 2.75) is 19.3 Å². The van der Waals surface area contributed by atoms with Crippen LogP contribution in [0.4, 0.5) is 0 Å². The van der Waals surface area contributed by atoms with E-state index in [9.17, 15) is 4.79 Å². The Morgan fingerprint density at radius 2 is 1.80 bits per heavy atom. The minimum atomic E-state index is -0.193. The van der Waals surface area contributed by atoms with Gasteiger partial charge in [-0.15, -0.1) is 0 Å². The highest BCUT2D eigenvalue weighted by molar-refractivity contribution is 6.30. The number of ether oxygens (including phenoxy) is 1. The maximum absolute atomic E-state index is 11.8. The Morgan fingerprint density at radius 1 is 1.10 bits per heavy atom. The summed E-state index contributed by atoms with van der Waals surface area (Å²) < 4.78 is 5.07. The van der Waals surface area contributed by atoms with Gasteiger partial charge >= 0.3 is 5.97 Å². The van der Waals surface area contributed by atoms with Gasteiger partial charge in [0.1, 0.15) is 0 Å². The fourth-order valence-corrected chi connectivity index (χ4v) is 2.42. The second-order valence-corrected chi connectivity index (χ2v) is 4.96. The van der Waals surface area contributed by atoms with E-state index in [0.717, 1.165) is 11.1 Å². The molecule has 20 heavy (non-hydrogen) atoms. The highest BCUT2D eigenvalue weighted by Gasteiger charge is 2.19. The predicted octanol–water partition coefficient (Wildman–Crippen LogP) is 4.43. The summed E-state index contributed by atoms with van der Waals surface area (Å²) in [6.45, 7) is 2.21. The molecule has 0 heterocycles. The molecular weight excluding hydrogens is 272 g/mol. The van der Waals surface area contributed by atoms with Crippen molar-refractivity contribution in [3.8, 4) is 0 Å². The van der Waals surface area contributed by atoms with Crippen molar-refractivity contribution in [2.24, 2.45) is 0 Å². The van der Waals surface area contributed by atoms with Gasteiger partial charge in [-0.3, -0.25) is 4.79 Å². The lowest BCUT2D eigenvalue weighted by atomic mass is 9.88. The molecule has 0 aromatic heterocycles. The quantitative estimate of drug-likeness (QED) is 0.761. The molecule has 0 bridgehead atoms. The van der Waals surface area contributed by atoms with Crippen molar-refractivity contribution in [1.82, 2.24) is 0 Å². The number of hydrogen-bond donors (Lipinski definition) is 0. The zero-order valence-electron chi connectivity index (χ0n) is 11.4. The maximum atomic E-state index is 11.8. The molecule has 0 amide bonds. The summed E-state index contributed by atoms with van der Waals surface area (Å²) >= 11 is 6.06. The zero-order chi connectivity index (χ0) is 14.4. The molecule has 3 heteroatoms. The van der Waals surface area contributed by atoms with Crippen molar-refractivity contribution in [3.63, 3.8) is 0 Å². The maximum Gasteiger partial charge on any atom is 0.306 e. The Hall–Kier alpha value is -1.80. The van der Waals surface area contributed by atoms with Gasteiger partial charge in [0.05, 0.1) is 13.0 Å². The van der Waals surface area contributed by atoms with Crippen LogP contribution in [0.5, 0.6) is 0 Å². The number of esters is 1. The minimum absolute atomic E-state index is 0.0334. The Kier molecular flexibility index (Phi) is 5.19. The van der Waals surface area contributed by atoms with Gasteiger partial charge in [0.15, 0.2) is 0 Å². The van der Waals surface area contributed by atoms with E-state index in [2.05, 4.69) is 0 Å². The molecular formula is C17H17ClO2. The first-order valence-electron chi connectivity index (χ1n) is 6.66. The first-order chi connectivity index (χ1) is 9.70. The molecule has 0 aliphatic heterocycles. The number of halogens is 1. The highest BCUT2D eigenvalue weighted by atomic mass is 35.5. The average Bonchev–Trinajstić information content (AvgIpc) is 2.46. The molecule has 0 fully saturated rings. The molecule has 0 aliphatic carbocycles. The molecule has 0 spiro atoms. The average molecular weight is 289 g/mol. The van der Waals surface area contributed by atoms with Crippen molar-refractivity contribution in [2.75, 3.05) is 6.61 Å². The molecule has 2 nitrogen and oxygen atoms in total. The third kappa shape index (κ3) is 3.84. The van der Waals surface area contributed by atoms with Gasteiger partial charge in [0, 0.05) is 10.9 Å². The Balaban J connectivity index is 2.31. The Labute approximate surface area is 124 Å².